The maximum absolute atomic E-state index is 13.7. The van der Waals surface area contributed by atoms with Crippen LogP contribution >= 0.6 is 0 Å². The van der Waals surface area contributed by atoms with Gasteiger partial charge in [-0.1, -0.05) is 25.8 Å². The van der Waals surface area contributed by atoms with Gasteiger partial charge in [0, 0.05) is 29.6 Å². The first kappa shape index (κ1) is 27.9. The number of hydrogen-bond acceptors (Lipinski definition) is 5. The van der Waals surface area contributed by atoms with Gasteiger partial charge in [-0.2, -0.15) is 13.2 Å². The summed E-state index contributed by atoms with van der Waals surface area (Å²) < 4.78 is 51.4. The van der Waals surface area contributed by atoms with Crippen LogP contribution in [0, 0.1) is 17.8 Å². The van der Waals surface area contributed by atoms with E-state index in [2.05, 4.69) is 29.9 Å². The fraction of sp³-hybridized carbons (Fsp3) is 0.531. The summed E-state index contributed by atoms with van der Waals surface area (Å²) in [5.41, 5.74) is 0.0175. The fourth-order valence-electron chi connectivity index (χ4n) is 7.90. The van der Waals surface area contributed by atoms with Crippen LogP contribution in [0.15, 0.2) is 36.4 Å². The lowest BCUT2D eigenvalue weighted by atomic mass is 9.48. The summed E-state index contributed by atoms with van der Waals surface area (Å²) in [6, 6.07) is 8.08. The number of piperidine rings is 1. The van der Waals surface area contributed by atoms with Gasteiger partial charge in [0.15, 0.2) is 11.5 Å². The first-order valence-electron chi connectivity index (χ1n) is 14.2. The Bertz CT molecular complexity index is 1430. The molecule has 6 nitrogen and oxygen atoms in total. The molecule has 2 aliphatic carbocycles. The highest BCUT2D eigenvalue weighted by Crippen LogP contribution is 2.65. The lowest BCUT2D eigenvalue weighted by Crippen LogP contribution is -2.78. The number of ether oxygens (including phenoxy) is 2. The first-order chi connectivity index (χ1) is 19.4. The van der Waals surface area contributed by atoms with Crippen LogP contribution in [0.5, 0.6) is 11.5 Å². The number of benzene rings is 2. The van der Waals surface area contributed by atoms with Crippen molar-refractivity contribution in [2.45, 2.75) is 74.9 Å². The van der Waals surface area contributed by atoms with Crippen molar-refractivity contribution >= 4 is 5.91 Å². The van der Waals surface area contributed by atoms with Crippen molar-refractivity contribution in [1.82, 2.24) is 9.80 Å². The molecule has 1 saturated carbocycles. The van der Waals surface area contributed by atoms with Crippen LogP contribution in [0.4, 0.5) is 13.2 Å². The zero-order chi connectivity index (χ0) is 29.3. The minimum Gasteiger partial charge on any atom is -0.493 e. The molecule has 5 atom stereocenters. The van der Waals surface area contributed by atoms with Crippen molar-refractivity contribution in [2.75, 3.05) is 27.2 Å². The van der Waals surface area contributed by atoms with Gasteiger partial charge in [-0.15, -0.1) is 0 Å². The van der Waals surface area contributed by atoms with Crippen LogP contribution in [-0.2, 0) is 22.8 Å². The molecule has 1 amide bonds. The number of likely N-dealkylation sites (tertiary alicyclic amines) is 1. The van der Waals surface area contributed by atoms with E-state index in [4.69, 9.17) is 9.47 Å². The summed E-state index contributed by atoms with van der Waals surface area (Å²) in [6.45, 7) is 5.28. The van der Waals surface area contributed by atoms with Crippen LogP contribution in [0.1, 0.15) is 55.4 Å². The van der Waals surface area contributed by atoms with Gasteiger partial charge in [0.25, 0.3) is 5.91 Å². The molecule has 2 fully saturated rings. The summed E-state index contributed by atoms with van der Waals surface area (Å²) in [4.78, 5) is 17.8. The highest BCUT2D eigenvalue weighted by atomic mass is 19.4. The highest BCUT2D eigenvalue weighted by Gasteiger charge is 2.73. The van der Waals surface area contributed by atoms with E-state index in [1.807, 2.05) is 19.9 Å². The van der Waals surface area contributed by atoms with Gasteiger partial charge in [-0.3, -0.25) is 4.79 Å². The topological polar surface area (TPSA) is 62.2 Å². The number of halogens is 3. The molecule has 2 aliphatic heterocycles. The minimum absolute atomic E-state index is 0.0659. The van der Waals surface area contributed by atoms with Crippen LogP contribution in [0.2, 0.25) is 0 Å². The molecular weight excluding hydrogens is 533 g/mol. The van der Waals surface area contributed by atoms with E-state index in [1.165, 1.54) is 12.1 Å². The molecule has 1 spiro atoms. The average Bonchev–Trinajstić information content (AvgIpc) is 3.28. The summed E-state index contributed by atoms with van der Waals surface area (Å²) in [5, 5.41) is 12.5. The summed E-state index contributed by atoms with van der Waals surface area (Å²) in [5.74, 6) is 6.48. The molecule has 218 valence electrons. The summed E-state index contributed by atoms with van der Waals surface area (Å²) in [7, 11) is 3.67. The number of alkyl halides is 3. The normalized spacial score (nSPS) is 29.7. The Labute approximate surface area is 238 Å². The number of carbonyl (C=O) groups excluding carboxylic acids is 1. The first-order valence-corrected chi connectivity index (χ1v) is 14.2. The van der Waals surface area contributed by atoms with Crippen molar-refractivity contribution in [3.63, 3.8) is 0 Å². The maximum Gasteiger partial charge on any atom is 0.416 e. The van der Waals surface area contributed by atoms with Crippen molar-refractivity contribution in [3.8, 4) is 23.3 Å². The van der Waals surface area contributed by atoms with Gasteiger partial charge < -0.3 is 24.4 Å². The number of rotatable bonds is 4. The molecule has 2 heterocycles. The zero-order valence-corrected chi connectivity index (χ0v) is 23.7. The summed E-state index contributed by atoms with van der Waals surface area (Å²) >= 11 is 0. The predicted molar refractivity (Wildman–Crippen MR) is 147 cm³/mol. The molecule has 6 rings (SSSR count). The van der Waals surface area contributed by atoms with E-state index in [0.717, 1.165) is 36.2 Å². The SMILES string of the molecule is COc1ccc2c3c1O[C@H]1[C@@H](N(CC(C)C)C(=O)C#Cc4ccc(C(F)(F)F)cc4)CC[C@@]4(O)[C@@H](C2)N(C)CC[C@]314. The number of carbonyl (C=O) groups is 1. The Kier molecular flexibility index (Phi) is 6.59. The molecule has 4 aliphatic rings. The minimum atomic E-state index is -4.44. The maximum atomic E-state index is 13.7. The Morgan fingerprint density at radius 2 is 1.95 bits per heavy atom. The number of amides is 1. The zero-order valence-electron chi connectivity index (χ0n) is 23.7. The number of hydrogen-bond donors (Lipinski definition) is 1. The Hall–Kier alpha value is -3.22. The largest absolute Gasteiger partial charge is 0.493 e. The third kappa shape index (κ3) is 4.13. The van der Waals surface area contributed by atoms with Gasteiger partial charge in [0.05, 0.1) is 29.7 Å². The van der Waals surface area contributed by atoms with Crippen molar-refractivity contribution in [2.24, 2.45) is 5.92 Å². The molecule has 1 N–H and O–H groups in total. The highest BCUT2D eigenvalue weighted by molar-refractivity contribution is 5.94. The number of aliphatic hydroxyl groups is 1. The smallest absolute Gasteiger partial charge is 0.416 e. The van der Waals surface area contributed by atoms with E-state index in [1.54, 1.807) is 12.0 Å². The van der Waals surface area contributed by atoms with Gasteiger partial charge >= 0.3 is 6.18 Å². The van der Waals surface area contributed by atoms with Crippen molar-refractivity contribution < 1.29 is 32.5 Å². The standard InChI is InChI=1S/C32H35F3N2O4/c1-19(2)18-37(26(38)12-7-20-5-9-22(10-6-20)32(33,34)35)23-13-14-31(39)25-17-21-8-11-24(40-4)28-27(21)30(31,29(23)41-28)15-16-36(25)3/h5-6,8-11,19,23,25,29,39H,13-18H2,1-4H3/t23-,25+,29-,30-,31+/m0/s1. The van der Waals surface area contributed by atoms with Crippen LogP contribution in [0.25, 0.3) is 0 Å². The third-order valence-electron chi connectivity index (χ3n) is 9.65. The quantitative estimate of drug-likeness (QED) is 0.554. The molecule has 1 saturated heterocycles. The molecule has 2 aromatic rings. The lowest BCUT2D eigenvalue weighted by Gasteiger charge is -2.64. The van der Waals surface area contributed by atoms with Gasteiger partial charge in [0.2, 0.25) is 0 Å². The third-order valence-corrected chi connectivity index (χ3v) is 9.65. The fourth-order valence-corrected chi connectivity index (χ4v) is 7.90. The second-order valence-corrected chi connectivity index (χ2v) is 12.3. The number of likely N-dealkylation sites (N-methyl/N-ethyl adjacent to an activating group) is 1. The molecule has 0 unspecified atom stereocenters. The number of nitrogens with zero attached hydrogens (tertiary/aromatic N) is 2. The second-order valence-electron chi connectivity index (χ2n) is 12.3. The Morgan fingerprint density at radius 3 is 2.61 bits per heavy atom. The van der Waals surface area contributed by atoms with E-state index in [-0.39, 0.29) is 18.0 Å². The predicted octanol–water partition coefficient (Wildman–Crippen LogP) is 4.40. The van der Waals surface area contributed by atoms with E-state index in [0.29, 0.717) is 42.9 Å². The lowest BCUT2D eigenvalue weighted by molar-refractivity contribution is -0.197. The Balaban J connectivity index is 1.39. The van der Waals surface area contributed by atoms with E-state index in [9.17, 15) is 23.1 Å². The van der Waals surface area contributed by atoms with Gasteiger partial charge in [-0.05, 0) is 81.1 Å². The summed E-state index contributed by atoms with van der Waals surface area (Å²) in [6.07, 6.45) is -2.47. The van der Waals surface area contributed by atoms with Crippen molar-refractivity contribution in [3.05, 3.63) is 58.7 Å². The number of methoxy groups -OCH3 is 1. The van der Waals surface area contributed by atoms with Gasteiger partial charge in [-0.25, -0.2) is 0 Å². The van der Waals surface area contributed by atoms with E-state index < -0.39 is 34.8 Å². The molecule has 2 aromatic carbocycles. The van der Waals surface area contributed by atoms with Crippen LogP contribution < -0.4 is 9.47 Å². The van der Waals surface area contributed by atoms with E-state index >= 15 is 0 Å². The molecule has 41 heavy (non-hydrogen) atoms. The molecule has 2 bridgehead atoms. The second kappa shape index (κ2) is 9.67. The van der Waals surface area contributed by atoms with Crippen LogP contribution in [-0.4, -0.2) is 71.8 Å². The monoisotopic (exact) mass is 568 g/mol. The molecule has 0 aromatic heterocycles. The molecule has 9 heteroatoms. The van der Waals surface area contributed by atoms with Crippen molar-refractivity contribution in [1.29, 1.82) is 0 Å². The van der Waals surface area contributed by atoms with Gasteiger partial charge in [0.1, 0.15) is 6.10 Å². The van der Waals surface area contributed by atoms with Crippen LogP contribution in [0.3, 0.4) is 0 Å². The average molecular weight is 569 g/mol. The molecular formula is C32H35F3N2O4. The molecule has 0 radical (unpaired) electrons. The Morgan fingerprint density at radius 1 is 1.22 bits per heavy atom.